The molecule has 4 aromatic rings. The second-order valence-electron chi connectivity index (χ2n) is 6.85. The number of methoxy groups -OCH3 is 1. The number of benzene rings is 2. The van der Waals surface area contributed by atoms with Crippen molar-refractivity contribution in [1.82, 2.24) is 9.13 Å². The van der Waals surface area contributed by atoms with Gasteiger partial charge in [-0.3, -0.25) is 9.36 Å². The zero-order valence-corrected chi connectivity index (χ0v) is 17.0. The number of imidazole rings is 1. The van der Waals surface area contributed by atoms with Crippen molar-refractivity contribution in [2.45, 2.75) is 6.92 Å². The summed E-state index contributed by atoms with van der Waals surface area (Å²) in [6.45, 7) is 1.79. The van der Waals surface area contributed by atoms with E-state index in [0.717, 1.165) is 4.57 Å². The van der Waals surface area contributed by atoms with E-state index in [1.165, 1.54) is 23.8 Å². The number of para-hydroxylation sites is 1. The van der Waals surface area contributed by atoms with Gasteiger partial charge in [0.2, 0.25) is 0 Å². The molecule has 0 saturated heterocycles. The summed E-state index contributed by atoms with van der Waals surface area (Å²) < 4.78 is 13.2. The lowest BCUT2D eigenvalue weighted by Crippen LogP contribution is -2.27. The second kappa shape index (κ2) is 8.23. The third kappa shape index (κ3) is 3.93. The highest BCUT2D eigenvalue weighted by Crippen LogP contribution is 2.27. The lowest BCUT2D eigenvalue weighted by atomic mass is 10.2. The average Bonchev–Trinajstić information content (AvgIpc) is 3.36. The van der Waals surface area contributed by atoms with E-state index >= 15 is 0 Å². The van der Waals surface area contributed by atoms with Crippen molar-refractivity contribution in [3.8, 4) is 28.6 Å². The van der Waals surface area contributed by atoms with Gasteiger partial charge < -0.3 is 14.3 Å². The van der Waals surface area contributed by atoms with Gasteiger partial charge in [0, 0.05) is 12.3 Å². The molecule has 156 valence electrons. The van der Waals surface area contributed by atoms with E-state index in [1.54, 1.807) is 55.6 Å². The van der Waals surface area contributed by atoms with Gasteiger partial charge in [0.1, 0.15) is 11.5 Å². The number of nitrogens with zero attached hydrogens (tertiary/aromatic N) is 2. The molecular weight excluding hydrogens is 396 g/mol. The summed E-state index contributed by atoms with van der Waals surface area (Å²) in [5, 5.41) is 9.73. The van der Waals surface area contributed by atoms with E-state index in [1.807, 2.05) is 18.2 Å². The summed E-state index contributed by atoms with van der Waals surface area (Å²) >= 11 is 0. The fourth-order valence-electron chi connectivity index (χ4n) is 3.22. The zero-order valence-electron chi connectivity index (χ0n) is 17.0. The Morgan fingerprint density at radius 1 is 1.10 bits per heavy atom. The van der Waals surface area contributed by atoms with Crippen molar-refractivity contribution in [2.75, 3.05) is 7.11 Å². The van der Waals surface area contributed by atoms with Crippen LogP contribution in [0.4, 0.5) is 0 Å². The molecule has 0 saturated carbocycles. The number of carbonyl (C=O) groups excluding carboxylic acids is 1. The lowest BCUT2D eigenvalue weighted by Gasteiger charge is -2.04. The van der Waals surface area contributed by atoms with Crippen LogP contribution in [-0.2, 0) is 0 Å². The Labute approximate surface area is 178 Å². The van der Waals surface area contributed by atoms with Gasteiger partial charge >= 0.3 is 5.69 Å². The number of aryl methyl sites for hydroxylation is 1. The van der Waals surface area contributed by atoms with Crippen LogP contribution in [-0.4, -0.2) is 27.3 Å². The molecule has 0 aliphatic heterocycles. The Kier molecular flexibility index (Phi) is 5.32. The highest BCUT2D eigenvalue weighted by Gasteiger charge is 2.20. The Hall–Kier alpha value is -4.26. The van der Waals surface area contributed by atoms with Gasteiger partial charge in [0.05, 0.1) is 12.8 Å². The first kappa shape index (κ1) is 20.0. The molecule has 0 atom stereocenters. The molecule has 0 fully saturated rings. The van der Waals surface area contributed by atoms with Crippen molar-refractivity contribution in [1.29, 1.82) is 0 Å². The van der Waals surface area contributed by atoms with Crippen molar-refractivity contribution >= 4 is 12.0 Å². The van der Waals surface area contributed by atoms with Crippen molar-refractivity contribution in [2.24, 2.45) is 0 Å². The Morgan fingerprint density at radius 2 is 1.87 bits per heavy atom. The molecule has 0 bridgehead atoms. The number of phenols is 1. The van der Waals surface area contributed by atoms with Gasteiger partial charge in [-0.15, -0.1) is 0 Å². The van der Waals surface area contributed by atoms with Crippen LogP contribution >= 0.6 is 0 Å². The minimum Gasteiger partial charge on any atom is -0.504 e. The third-order valence-corrected chi connectivity index (χ3v) is 4.76. The molecule has 0 aliphatic carbocycles. The molecule has 1 N–H and O–H groups in total. The van der Waals surface area contributed by atoms with E-state index < -0.39 is 11.6 Å². The fraction of sp³-hybridized carbons (Fsp3) is 0.0833. The minimum absolute atomic E-state index is 0.00221. The number of carbonyl (C=O) groups is 1. The van der Waals surface area contributed by atoms with Crippen LogP contribution in [0.25, 0.3) is 23.2 Å². The van der Waals surface area contributed by atoms with Gasteiger partial charge in [-0.1, -0.05) is 24.3 Å². The lowest BCUT2D eigenvalue weighted by molar-refractivity contribution is 0.0967. The molecule has 7 heteroatoms. The van der Waals surface area contributed by atoms with Crippen molar-refractivity contribution in [3.63, 3.8) is 0 Å². The van der Waals surface area contributed by atoms with Crippen LogP contribution in [0, 0.1) is 6.92 Å². The first-order chi connectivity index (χ1) is 15.0. The van der Waals surface area contributed by atoms with Crippen molar-refractivity contribution in [3.05, 3.63) is 94.7 Å². The van der Waals surface area contributed by atoms with Gasteiger partial charge in [0.25, 0.3) is 5.91 Å². The largest absolute Gasteiger partial charge is 0.504 e. The zero-order chi connectivity index (χ0) is 22.0. The highest BCUT2D eigenvalue weighted by atomic mass is 16.5. The molecule has 0 unspecified atom stereocenters. The predicted octanol–water partition coefficient (Wildman–Crippen LogP) is 4.28. The summed E-state index contributed by atoms with van der Waals surface area (Å²) in [4.78, 5) is 26.2. The molecule has 4 rings (SSSR count). The van der Waals surface area contributed by atoms with Crippen LogP contribution in [0.5, 0.6) is 11.5 Å². The molecule has 0 aliphatic rings. The topological polar surface area (TPSA) is 86.6 Å². The predicted molar refractivity (Wildman–Crippen MR) is 117 cm³/mol. The van der Waals surface area contributed by atoms with Crippen LogP contribution in [0.2, 0.25) is 0 Å². The number of rotatable bonds is 5. The Bertz CT molecular complexity index is 1330. The maximum atomic E-state index is 13.1. The molecule has 2 aromatic heterocycles. The first-order valence-corrected chi connectivity index (χ1v) is 9.54. The van der Waals surface area contributed by atoms with E-state index in [2.05, 4.69) is 0 Å². The van der Waals surface area contributed by atoms with E-state index in [-0.39, 0.29) is 11.5 Å². The quantitative estimate of drug-likeness (QED) is 0.491. The third-order valence-electron chi connectivity index (χ3n) is 4.76. The van der Waals surface area contributed by atoms with Gasteiger partial charge in [-0.25, -0.2) is 9.36 Å². The molecule has 2 aromatic carbocycles. The first-order valence-electron chi connectivity index (χ1n) is 9.54. The average molecular weight is 416 g/mol. The number of phenolic OH excluding ortho intramolecular Hbond substituents is 1. The van der Waals surface area contributed by atoms with E-state index in [4.69, 9.17) is 9.15 Å². The fourth-order valence-corrected chi connectivity index (χ4v) is 3.22. The molecule has 7 nitrogen and oxygen atoms in total. The highest BCUT2D eigenvalue weighted by molar-refractivity contribution is 5.96. The smallest absolute Gasteiger partial charge is 0.340 e. The molecule has 0 spiro atoms. The molecule has 0 radical (unpaired) electrons. The molecule has 2 heterocycles. The Morgan fingerprint density at radius 3 is 2.55 bits per heavy atom. The van der Waals surface area contributed by atoms with Gasteiger partial charge in [0.15, 0.2) is 17.3 Å². The number of ether oxygens (including phenoxy) is 1. The SMILES string of the molecule is COc1cc(C=CC(=O)n2c(-c3ccc(C)o3)cn(-c3ccccc3)c2=O)ccc1O. The summed E-state index contributed by atoms with van der Waals surface area (Å²) in [6.07, 6.45) is 4.43. The second-order valence-corrected chi connectivity index (χ2v) is 6.85. The normalized spacial score (nSPS) is 11.2. The van der Waals surface area contributed by atoms with Crippen LogP contribution < -0.4 is 10.4 Å². The van der Waals surface area contributed by atoms with Crippen LogP contribution in [0.15, 0.2) is 82.1 Å². The molecule has 31 heavy (non-hydrogen) atoms. The van der Waals surface area contributed by atoms with Gasteiger partial charge in [-0.05, 0) is 55.0 Å². The monoisotopic (exact) mass is 416 g/mol. The Balaban J connectivity index is 1.78. The number of hydrogen-bond acceptors (Lipinski definition) is 5. The number of aromatic hydroxyl groups is 1. The van der Waals surface area contributed by atoms with E-state index in [0.29, 0.717) is 28.5 Å². The number of hydrogen-bond donors (Lipinski definition) is 1. The molecule has 0 amide bonds. The number of furan rings is 1. The number of allylic oxidation sites excluding steroid dienone is 1. The van der Waals surface area contributed by atoms with E-state index in [9.17, 15) is 14.7 Å². The van der Waals surface area contributed by atoms with Crippen LogP contribution in [0.3, 0.4) is 0 Å². The van der Waals surface area contributed by atoms with Gasteiger partial charge in [-0.2, -0.15) is 0 Å². The standard InChI is InChI=1S/C24H20N2O5/c1-16-8-12-21(31-16)19-15-25(18-6-4-3-5-7-18)24(29)26(19)23(28)13-10-17-9-11-20(27)22(14-17)30-2/h3-15,27H,1-2H3. The number of aromatic nitrogens is 2. The summed E-state index contributed by atoms with van der Waals surface area (Å²) in [5.74, 6) is 0.833. The van der Waals surface area contributed by atoms with Crippen molar-refractivity contribution < 1.29 is 19.1 Å². The maximum Gasteiger partial charge on any atom is 0.340 e. The summed E-state index contributed by atoms with van der Waals surface area (Å²) in [7, 11) is 1.44. The van der Waals surface area contributed by atoms with Crippen LogP contribution in [0.1, 0.15) is 16.1 Å². The summed E-state index contributed by atoms with van der Waals surface area (Å²) in [6, 6.07) is 17.2. The minimum atomic E-state index is -0.532. The maximum absolute atomic E-state index is 13.1. The summed E-state index contributed by atoms with van der Waals surface area (Å²) in [5.41, 5.74) is 1.11. The molecular formula is C24H20N2O5.